The third kappa shape index (κ3) is 3.87. The standard InChI is InChI=1S/C24H24N4O/c29-24(16-19-8-9-20-5-1-2-6-21(20)15-19)27-13-11-26(12-14-27)17-22-18-28-10-4-3-7-23(28)25-22/h1-10,15,18H,11-14,16-17H2. The number of carbonyl (C=O) groups is 1. The number of rotatable bonds is 4. The molecule has 1 aliphatic heterocycles. The number of piperazine rings is 1. The second kappa shape index (κ2) is 7.68. The highest BCUT2D eigenvalue weighted by atomic mass is 16.2. The predicted molar refractivity (Wildman–Crippen MR) is 115 cm³/mol. The van der Waals surface area contributed by atoms with Crippen LogP contribution < -0.4 is 0 Å². The Morgan fingerprint density at radius 1 is 0.897 bits per heavy atom. The molecule has 0 saturated carbocycles. The van der Waals surface area contributed by atoms with E-state index in [0.717, 1.165) is 49.6 Å². The molecule has 1 saturated heterocycles. The molecule has 0 atom stereocenters. The van der Waals surface area contributed by atoms with Gasteiger partial charge in [0.15, 0.2) is 0 Å². The normalized spacial score (nSPS) is 15.2. The van der Waals surface area contributed by atoms with Crippen LogP contribution in [0.4, 0.5) is 0 Å². The van der Waals surface area contributed by atoms with Crippen molar-refractivity contribution in [3.8, 4) is 0 Å². The first-order valence-corrected chi connectivity index (χ1v) is 10.1. The molecule has 0 unspecified atom stereocenters. The molecule has 0 radical (unpaired) electrons. The molecule has 1 fully saturated rings. The molecular formula is C24H24N4O. The largest absolute Gasteiger partial charge is 0.340 e. The summed E-state index contributed by atoms with van der Waals surface area (Å²) in [5.41, 5.74) is 3.14. The fourth-order valence-corrected chi connectivity index (χ4v) is 4.08. The molecule has 5 rings (SSSR count). The minimum atomic E-state index is 0.215. The van der Waals surface area contributed by atoms with Gasteiger partial charge in [-0.2, -0.15) is 0 Å². The highest BCUT2D eigenvalue weighted by Crippen LogP contribution is 2.17. The van der Waals surface area contributed by atoms with Gasteiger partial charge in [-0.3, -0.25) is 9.69 Å². The fourth-order valence-electron chi connectivity index (χ4n) is 4.08. The van der Waals surface area contributed by atoms with E-state index in [1.165, 1.54) is 10.8 Å². The Bertz CT molecular complexity index is 1120. The number of fused-ring (bicyclic) bond motifs is 2. The number of imidazole rings is 1. The third-order valence-electron chi connectivity index (χ3n) is 5.69. The molecule has 29 heavy (non-hydrogen) atoms. The fraction of sp³-hybridized carbons (Fsp3) is 0.250. The van der Waals surface area contributed by atoms with E-state index in [2.05, 4.69) is 50.8 Å². The van der Waals surface area contributed by atoms with Crippen LogP contribution in [0.25, 0.3) is 16.4 Å². The molecule has 0 spiro atoms. The summed E-state index contributed by atoms with van der Waals surface area (Å²) in [6.45, 7) is 4.16. The van der Waals surface area contributed by atoms with Crippen molar-refractivity contribution >= 4 is 22.3 Å². The Kier molecular flexibility index (Phi) is 4.74. The summed E-state index contributed by atoms with van der Waals surface area (Å²) in [6, 6.07) is 20.6. The van der Waals surface area contributed by atoms with Gasteiger partial charge in [0.2, 0.25) is 5.91 Å². The number of aromatic nitrogens is 2. The van der Waals surface area contributed by atoms with Crippen molar-refractivity contribution in [1.82, 2.24) is 19.2 Å². The van der Waals surface area contributed by atoms with Crippen molar-refractivity contribution in [2.75, 3.05) is 26.2 Å². The van der Waals surface area contributed by atoms with Gasteiger partial charge in [-0.25, -0.2) is 4.98 Å². The van der Waals surface area contributed by atoms with Crippen LogP contribution in [0.2, 0.25) is 0 Å². The van der Waals surface area contributed by atoms with Crippen LogP contribution in [-0.2, 0) is 17.8 Å². The van der Waals surface area contributed by atoms with E-state index in [1.54, 1.807) is 0 Å². The SMILES string of the molecule is O=C(Cc1ccc2ccccc2c1)N1CCN(Cc2cn3ccccc3n2)CC1. The summed E-state index contributed by atoms with van der Waals surface area (Å²) in [7, 11) is 0. The molecule has 1 aliphatic rings. The van der Waals surface area contributed by atoms with Gasteiger partial charge in [-0.15, -0.1) is 0 Å². The summed E-state index contributed by atoms with van der Waals surface area (Å²) < 4.78 is 2.05. The Hall–Kier alpha value is -3.18. The average Bonchev–Trinajstić information content (AvgIpc) is 3.16. The topological polar surface area (TPSA) is 40.9 Å². The van der Waals surface area contributed by atoms with Crippen LogP contribution in [0.3, 0.4) is 0 Å². The minimum absolute atomic E-state index is 0.215. The van der Waals surface area contributed by atoms with Gasteiger partial charge in [0, 0.05) is 45.1 Å². The van der Waals surface area contributed by atoms with Gasteiger partial charge in [0.1, 0.15) is 5.65 Å². The third-order valence-corrected chi connectivity index (χ3v) is 5.69. The van der Waals surface area contributed by atoms with Crippen molar-refractivity contribution in [2.45, 2.75) is 13.0 Å². The smallest absolute Gasteiger partial charge is 0.227 e. The molecule has 2 aromatic heterocycles. The van der Waals surface area contributed by atoms with Gasteiger partial charge < -0.3 is 9.30 Å². The van der Waals surface area contributed by atoms with Crippen LogP contribution >= 0.6 is 0 Å². The first-order chi connectivity index (χ1) is 14.2. The number of nitrogens with zero attached hydrogens (tertiary/aromatic N) is 4. The summed E-state index contributed by atoms with van der Waals surface area (Å²) in [5.74, 6) is 0.215. The molecule has 2 aromatic carbocycles. The van der Waals surface area contributed by atoms with Gasteiger partial charge >= 0.3 is 0 Å². The van der Waals surface area contributed by atoms with Crippen LogP contribution in [0.15, 0.2) is 73.1 Å². The number of benzene rings is 2. The quantitative estimate of drug-likeness (QED) is 0.542. The van der Waals surface area contributed by atoms with Crippen molar-refractivity contribution in [1.29, 1.82) is 0 Å². The van der Waals surface area contributed by atoms with E-state index in [9.17, 15) is 4.79 Å². The van der Waals surface area contributed by atoms with Gasteiger partial charge in [-0.05, 0) is 28.5 Å². The van der Waals surface area contributed by atoms with Crippen molar-refractivity contribution < 1.29 is 4.79 Å². The molecule has 0 bridgehead atoms. The van der Waals surface area contributed by atoms with E-state index < -0.39 is 0 Å². The Morgan fingerprint density at radius 2 is 1.69 bits per heavy atom. The summed E-state index contributed by atoms with van der Waals surface area (Å²) >= 11 is 0. The van der Waals surface area contributed by atoms with Gasteiger partial charge in [0.25, 0.3) is 0 Å². The molecule has 146 valence electrons. The first-order valence-electron chi connectivity index (χ1n) is 10.1. The first kappa shape index (κ1) is 17.9. The number of pyridine rings is 1. The summed E-state index contributed by atoms with van der Waals surface area (Å²) in [6.07, 6.45) is 4.58. The molecule has 0 aliphatic carbocycles. The average molecular weight is 384 g/mol. The lowest BCUT2D eigenvalue weighted by Gasteiger charge is -2.34. The number of carbonyl (C=O) groups excluding carboxylic acids is 1. The molecule has 5 nitrogen and oxygen atoms in total. The second-order valence-electron chi connectivity index (χ2n) is 7.71. The summed E-state index contributed by atoms with van der Waals surface area (Å²) in [5, 5.41) is 2.40. The summed E-state index contributed by atoms with van der Waals surface area (Å²) in [4.78, 5) is 21.8. The highest BCUT2D eigenvalue weighted by molar-refractivity contribution is 5.85. The van der Waals surface area contributed by atoms with Crippen molar-refractivity contribution in [3.63, 3.8) is 0 Å². The Balaban J connectivity index is 1.17. The molecule has 0 N–H and O–H groups in total. The van der Waals surface area contributed by atoms with E-state index >= 15 is 0 Å². The lowest BCUT2D eigenvalue weighted by atomic mass is 10.0. The maximum absolute atomic E-state index is 12.8. The Morgan fingerprint density at radius 3 is 2.52 bits per heavy atom. The maximum Gasteiger partial charge on any atom is 0.227 e. The van der Waals surface area contributed by atoms with Crippen LogP contribution in [0.5, 0.6) is 0 Å². The molecule has 3 heterocycles. The number of amides is 1. The van der Waals surface area contributed by atoms with Gasteiger partial charge in [-0.1, -0.05) is 48.5 Å². The zero-order valence-corrected chi connectivity index (χ0v) is 16.4. The Labute approximate surface area is 170 Å². The van der Waals surface area contributed by atoms with E-state index in [1.807, 2.05) is 41.4 Å². The zero-order valence-electron chi connectivity index (χ0n) is 16.4. The van der Waals surface area contributed by atoms with Gasteiger partial charge in [0.05, 0.1) is 12.1 Å². The lowest BCUT2D eigenvalue weighted by molar-refractivity contribution is -0.132. The van der Waals surface area contributed by atoms with Crippen LogP contribution in [-0.4, -0.2) is 51.3 Å². The van der Waals surface area contributed by atoms with E-state index in [4.69, 9.17) is 0 Å². The minimum Gasteiger partial charge on any atom is -0.340 e. The van der Waals surface area contributed by atoms with Crippen LogP contribution in [0, 0.1) is 0 Å². The second-order valence-corrected chi connectivity index (χ2v) is 7.71. The van der Waals surface area contributed by atoms with E-state index in [-0.39, 0.29) is 5.91 Å². The zero-order chi connectivity index (χ0) is 19.6. The molecule has 5 heteroatoms. The molecule has 1 amide bonds. The monoisotopic (exact) mass is 384 g/mol. The van der Waals surface area contributed by atoms with Crippen molar-refractivity contribution in [2.24, 2.45) is 0 Å². The lowest BCUT2D eigenvalue weighted by Crippen LogP contribution is -2.48. The number of hydrogen-bond acceptors (Lipinski definition) is 3. The van der Waals surface area contributed by atoms with Crippen molar-refractivity contribution in [3.05, 3.63) is 84.3 Å². The molecular weight excluding hydrogens is 360 g/mol. The van der Waals surface area contributed by atoms with Crippen LogP contribution in [0.1, 0.15) is 11.3 Å². The van der Waals surface area contributed by atoms with E-state index in [0.29, 0.717) is 6.42 Å². The predicted octanol–water partition coefficient (Wildman–Crippen LogP) is 3.37. The molecule has 4 aromatic rings. The number of hydrogen-bond donors (Lipinski definition) is 0. The highest BCUT2D eigenvalue weighted by Gasteiger charge is 2.21. The maximum atomic E-state index is 12.8.